The largest absolute Gasteiger partial charge is 0.504 e. The molecule has 0 unspecified atom stereocenters. The molecule has 0 aliphatic rings. The van der Waals surface area contributed by atoms with Crippen molar-refractivity contribution in [1.29, 1.82) is 0 Å². The second kappa shape index (κ2) is 15.3. The van der Waals surface area contributed by atoms with Gasteiger partial charge in [-0.1, -0.05) is 92.4 Å². The minimum absolute atomic E-state index is 0.0536. The van der Waals surface area contributed by atoms with Crippen LogP contribution in [0, 0.1) is 30.6 Å². The van der Waals surface area contributed by atoms with Crippen LogP contribution in [0.25, 0.3) is 0 Å². The predicted molar refractivity (Wildman–Crippen MR) is 140 cm³/mol. The average molecular weight is 465 g/mol. The summed E-state index contributed by atoms with van der Waals surface area (Å²) in [4.78, 5) is 0. The van der Waals surface area contributed by atoms with E-state index in [2.05, 4.69) is 34.6 Å². The molecule has 0 amide bonds. The van der Waals surface area contributed by atoms with Crippen molar-refractivity contribution in [2.45, 2.75) is 112 Å². The lowest BCUT2D eigenvalue weighted by atomic mass is 9.89. The molecule has 0 heterocycles. The summed E-state index contributed by atoms with van der Waals surface area (Å²) in [6, 6.07) is 0. The zero-order valence-electron chi connectivity index (χ0n) is 22.8. The van der Waals surface area contributed by atoms with Gasteiger partial charge in [-0.05, 0) is 43.4 Å². The molecular formula is C29H52O4. The van der Waals surface area contributed by atoms with Gasteiger partial charge in [0.2, 0.25) is 11.5 Å². The summed E-state index contributed by atoms with van der Waals surface area (Å²) in [6.45, 7) is 13.6. The Labute approximate surface area is 204 Å². The van der Waals surface area contributed by atoms with Crippen molar-refractivity contribution < 1.29 is 19.7 Å². The molecule has 33 heavy (non-hydrogen) atoms. The number of rotatable bonds is 17. The molecule has 192 valence electrons. The van der Waals surface area contributed by atoms with Crippen LogP contribution in [0.4, 0.5) is 0 Å². The fourth-order valence-electron chi connectivity index (χ4n) is 4.86. The first-order chi connectivity index (χ1) is 15.6. The van der Waals surface area contributed by atoms with Gasteiger partial charge in [-0.25, -0.2) is 0 Å². The summed E-state index contributed by atoms with van der Waals surface area (Å²) >= 11 is 0. The topological polar surface area (TPSA) is 58.9 Å². The minimum Gasteiger partial charge on any atom is -0.504 e. The van der Waals surface area contributed by atoms with E-state index >= 15 is 0 Å². The maximum absolute atomic E-state index is 10.6. The Balaban J connectivity index is 2.35. The van der Waals surface area contributed by atoms with Crippen LogP contribution >= 0.6 is 0 Å². The second-order valence-electron chi connectivity index (χ2n) is 10.9. The van der Waals surface area contributed by atoms with E-state index in [0.717, 1.165) is 36.2 Å². The Hall–Kier alpha value is -1.58. The van der Waals surface area contributed by atoms with E-state index < -0.39 is 0 Å². The van der Waals surface area contributed by atoms with E-state index in [4.69, 9.17) is 9.47 Å². The molecule has 4 nitrogen and oxygen atoms in total. The van der Waals surface area contributed by atoms with Crippen molar-refractivity contribution in [3.8, 4) is 23.0 Å². The minimum atomic E-state index is 0.0536. The first-order valence-corrected chi connectivity index (χ1v) is 13.3. The molecule has 1 rings (SSSR count). The number of hydrogen-bond donors (Lipinski definition) is 2. The standard InChI is InChI=1S/C29H52O4/c1-20(2)12-9-13-21(3)14-10-15-22(4)16-11-17-23(5)18-19-25-24(6)26(30)28(32-7)29(33-8)27(25)31/h20-23,30-31H,9-19H2,1-8H3/t21-,22+,23-/m0/s1. The molecule has 4 heteroatoms. The van der Waals surface area contributed by atoms with Crippen molar-refractivity contribution in [3.63, 3.8) is 0 Å². The van der Waals surface area contributed by atoms with Gasteiger partial charge in [0.15, 0.2) is 11.5 Å². The van der Waals surface area contributed by atoms with E-state index in [9.17, 15) is 10.2 Å². The van der Waals surface area contributed by atoms with Crippen LogP contribution < -0.4 is 9.47 Å². The van der Waals surface area contributed by atoms with Crippen molar-refractivity contribution in [2.24, 2.45) is 23.7 Å². The molecular weight excluding hydrogens is 412 g/mol. The lowest BCUT2D eigenvalue weighted by molar-refractivity contribution is 0.313. The molecule has 0 aromatic heterocycles. The fourth-order valence-corrected chi connectivity index (χ4v) is 4.86. The van der Waals surface area contributed by atoms with E-state index in [0.29, 0.717) is 11.5 Å². The highest BCUT2D eigenvalue weighted by Crippen LogP contribution is 2.48. The molecule has 3 atom stereocenters. The number of hydrogen-bond acceptors (Lipinski definition) is 4. The van der Waals surface area contributed by atoms with Crippen molar-refractivity contribution in [2.75, 3.05) is 14.2 Å². The second-order valence-corrected chi connectivity index (χ2v) is 10.9. The highest BCUT2D eigenvalue weighted by molar-refractivity contribution is 5.65. The Kier molecular flexibility index (Phi) is 13.7. The molecule has 1 aromatic rings. The first kappa shape index (κ1) is 29.5. The number of ether oxygens (including phenoxy) is 2. The van der Waals surface area contributed by atoms with E-state index in [1.54, 1.807) is 0 Å². The van der Waals surface area contributed by atoms with E-state index in [1.807, 2.05) is 6.92 Å². The molecule has 0 saturated carbocycles. The van der Waals surface area contributed by atoms with E-state index in [1.165, 1.54) is 72.0 Å². The van der Waals surface area contributed by atoms with Crippen LogP contribution in [0.3, 0.4) is 0 Å². The van der Waals surface area contributed by atoms with Crippen LogP contribution in [0.2, 0.25) is 0 Å². The Morgan fingerprint density at radius 1 is 0.606 bits per heavy atom. The molecule has 0 saturated heterocycles. The summed E-state index contributed by atoms with van der Waals surface area (Å²) < 4.78 is 10.5. The lowest BCUT2D eigenvalue weighted by Crippen LogP contribution is -2.03. The van der Waals surface area contributed by atoms with Crippen LogP contribution in [0.15, 0.2) is 0 Å². The molecule has 0 spiro atoms. The molecule has 0 fully saturated rings. The maximum Gasteiger partial charge on any atom is 0.207 e. The van der Waals surface area contributed by atoms with Crippen LogP contribution in [-0.4, -0.2) is 24.4 Å². The highest BCUT2D eigenvalue weighted by Gasteiger charge is 2.23. The zero-order valence-corrected chi connectivity index (χ0v) is 22.8. The zero-order chi connectivity index (χ0) is 25.0. The van der Waals surface area contributed by atoms with Crippen molar-refractivity contribution in [1.82, 2.24) is 0 Å². The molecule has 0 aliphatic carbocycles. The van der Waals surface area contributed by atoms with Gasteiger partial charge in [0, 0.05) is 11.1 Å². The quantitative estimate of drug-likeness (QED) is 0.227. The van der Waals surface area contributed by atoms with Crippen molar-refractivity contribution in [3.05, 3.63) is 11.1 Å². The summed E-state index contributed by atoms with van der Waals surface area (Å²) in [5.74, 6) is 3.63. The third kappa shape index (κ3) is 10.1. The Morgan fingerprint density at radius 2 is 1.00 bits per heavy atom. The van der Waals surface area contributed by atoms with Gasteiger partial charge in [-0.15, -0.1) is 0 Å². The number of phenolic OH excluding ortho intramolecular Hbond substituents is 2. The monoisotopic (exact) mass is 464 g/mol. The number of benzene rings is 1. The third-order valence-electron chi connectivity index (χ3n) is 7.29. The first-order valence-electron chi connectivity index (χ1n) is 13.3. The van der Waals surface area contributed by atoms with Crippen LogP contribution in [0.1, 0.15) is 110 Å². The summed E-state index contributed by atoms with van der Waals surface area (Å²) in [5, 5.41) is 21.1. The van der Waals surface area contributed by atoms with Gasteiger partial charge in [0.25, 0.3) is 0 Å². The number of phenols is 2. The normalized spacial score (nSPS) is 14.3. The van der Waals surface area contributed by atoms with Gasteiger partial charge in [-0.2, -0.15) is 0 Å². The Bertz CT molecular complexity index is 683. The summed E-state index contributed by atoms with van der Waals surface area (Å²) in [6.07, 6.45) is 13.7. The predicted octanol–water partition coefficient (Wildman–Crippen LogP) is 8.43. The van der Waals surface area contributed by atoms with Gasteiger partial charge in [-0.3, -0.25) is 0 Å². The van der Waals surface area contributed by atoms with Gasteiger partial charge in [0.1, 0.15) is 0 Å². The molecule has 0 radical (unpaired) electrons. The summed E-state index contributed by atoms with van der Waals surface area (Å²) in [5.41, 5.74) is 1.43. The smallest absolute Gasteiger partial charge is 0.207 e. The third-order valence-corrected chi connectivity index (χ3v) is 7.29. The molecule has 2 N–H and O–H groups in total. The van der Waals surface area contributed by atoms with E-state index in [-0.39, 0.29) is 23.0 Å². The van der Waals surface area contributed by atoms with Gasteiger partial charge < -0.3 is 19.7 Å². The number of methoxy groups -OCH3 is 2. The van der Waals surface area contributed by atoms with Gasteiger partial charge >= 0.3 is 0 Å². The van der Waals surface area contributed by atoms with Crippen LogP contribution in [-0.2, 0) is 6.42 Å². The maximum atomic E-state index is 10.6. The SMILES string of the molecule is COc1c(O)c(C)c(CC[C@@H](C)CCC[C@H](C)CCC[C@@H](C)CCCC(C)C)c(O)c1OC. The lowest BCUT2D eigenvalue weighted by Gasteiger charge is -2.19. The van der Waals surface area contributed by atoms with Gasteiger partial charge in [0.05, 0.1) is 14.2 Å². The fraction of sp³-hybridized carbons (Fsp3) is 0.793. The Morgan fingerprint density at radius 3 is 1.42 bits per heavy atom. The molecule has 1 aromatic carbocycles. The average Bonchev–Trinajstić information content (AvgIpc) is 2.75. The highest BCUT2D eigenvalue weighted by atomic mass is 16.5. The molecule has 0 bridgehead atoms. The summed E-state index contributed by atoms with van der Waals surface area (Å²) in [7, 11) is 2.95. The van der Waals surface area contributed by atoms with Crippen molar-refractivity contribution >= 4 is 0 Å². The molecule has 0 aliphatic heterocycles. The van der Waals surface area contributed by atoms with Crippen LogP contribution in [0.5, 0.6) is 23.0 Å². The number of aromatic hydroxyl groups is 2.